The zero-order valence-corrected chi connectivity index (χ0v) is 12.4. The fraction of sp³-hybridized carbons (Fsp3) is 0.188. The average molecular weight is 319 g/mol. The van der Waals surface area contributed by atoms with Crippen molar-refractivity contribution in [3.05, 3.63) is 58.1 Å². The molecule has 0 aromatic heterocycles. The van der Waals surface area contributed by atoms with Crippen LogP contribution in [0.1, 0.15) is 35.7 Å². The molecule has 0 aliphatic carbocycles. The number of carbonyl (C=O) groups is 1. The van der Waals surface area contributed by atoms with Crippen molar-refractivity contribution in [1.29, 1.82) is 0 Å². The van der Waals surface area contributed by atoms with E-state index in [0.29, 0.717) is 11.5 Å². The van der Waals surface area contributed by atoms with Gasteiger partial charge in [0.1, 0.15) is 0 Å². The lowest BCUT2D eigenvalue weighted by atomic mass is 9.96. The normalized spacial score (nSPS) is 10.7. The molecule has 0 heterocycles. The maximum Gasteiger partial charge on any atom is 0.336 e. The summed E-state index contributed by atoms with van der Waals surface area (Å²) in [7, 11) is 0. The summed E-state index contributed by atoms with van der Waals surface area (Å²) in [5.41, 5.74) is 3.23. The average Bonchev–Trinajstić information content (AvgIpc) is 2.38. The second kappa shape index (κ2) is 5.57. The van der Waals surface area contributed by atoms with Crippen LogP contribution in [0.4, 0.5) is 0 Å². The Morgan fingerprint density at radius 3 is 2.26 bits per heavy atom. The molecule has 2 aromatic rings. The van der Waals surface area contributed by atoms with Crippen LogP contribution in [0.2, 0.25) is 0 Å². The van der Waals surface area contributed by atoms with Crippen LogP contribution in [0, 0.1) is 0 Å². The summed E-state index contributed by atoms with van der Waals surface area (Å²) in [6.07, 6.45) is 0. The monoisotopic (exact) mass is 318 g/mol. The van der Waals surface area contributed by atoms with E-state index in [1.807, 2.05) is 36.4 Å². The molecule has 2 rings (SSSR count). The Labute approximate surface area is 121 Å². The van der Waals surface area contributed by atoms with E-state index >= 15 is 0 Å². The lowest BCUT2D eigenvalue weighted by Crippen LogP contribution is -1.99. The van der Waals surface area contributed by atoms with Crippen LogP contribution in [-0.2, 0) is 0 Å². The van der Waals surface area contributed by atoms with Gasteiger partial charge < -0.3 is 5.11 Å². The lowest BCUT2D eigenvalue weighted by Gasteiger charge is -2.09. The minimum absolute atomic E-state index is 0.312. The Morgan fingerprint density at radius 1 is 1.11 bits per heavy atom. The highest BCUT2D eigenvalue weighted by atomic mass is 79.9. The standard InChI is InChI=1S/C16H15BrO2/c1-10(2)11-3-5-12(6-4-11)14-8-7-13(17)9-15(14)16(18)19/h3-10H,1-2H3,(H,18,19). The maximum atomic E-state index is 11.3. The van der Waals surface area contributed by atoms with Gasteiger partial charge in [-0.1, -0.05) is 60.1 Å². The van der Waals surface area contributed by atoms with Gasteiger partial charge in [0.15, 0.2) is 0 Å². The van der Waals surface area contributed by atoms with Gasteiger partial charge in [-0.25, -0.2) is 4.79 Å². The SMILES string of the molecule is CC(C)c1ccc(-c2ccc(Br)cc2C(=O)O)cc1. The van der Waals surface area contributed by atoms with Gasteiger partial charge in [0, 0.05) is 4.47 Å². The topological polar surface area (TPSA) is 37.3 Å². The van der Waals surface area contributed by atoms with Gasteiger partial charge in [-0.15, -0.1) is 0 Å². The summed E-state index contributed by atoms with van der Waals surface area (Å²) >= 11 is 3.30. The number of aromatic carboxylic acids is 1. The molecule has 0 aliphatic rings. The summed E-state index contributed by atoms with van der Waals surface area (Å²) < 4.78 is 0.771. The third kappa shape index (κ3) is 3.04. The van der Waals surface area contributed by atoms with E-state index in [0.717, 1.165) is 15.6 Å². The molecule has 1 N–H and O–H groups in total. The molecular formula is C16H15BrO2. The Morgan fingerprint density at radius 2 is 1.74 bits per heavy atom. The van der Waals surface area contributed by atoms with Gasteiger partial charge in [0.25, 0.3) is 0 Å². The zero-order valence-electron chi connectivity index (χ0n) is 10.9. The van der Waals surface area contributed by atoms with Crippen LogP contribution in [0.25, 0.3) is 11.1 Å². The van der Waals surface area contributed by atoms with E-state index in [4.69, 9.17) is 0 Å². The van der Waals surface area contributed by atoms with E-state index in [1.165, 1.54) is 5.56 Å². The minimum Gasteiger partial charge on any atom is -0.478 e. The third-order valence-electron chi connectivity index (χ3n) is 3.10. The molecule has 3 heteroatoms. The van der Waals surface area contributed by atoms with Gasteiger partial charge in [-0.2, -0.15) is 0 Å². The molecule has 0 saturated heterocycles. The number of hydrogen-bond acceptors (Lipinski definition) is 1. The largest absolute Gasteiger partial charge is 0.478 e. The van der Waals surface area contributed by atoms with Gasteiger partial charge in [0.2, 0.25) is 0 Å². The molecule has 98 valence electrons. The predicted molar refractivity (Wildman–Crippen MR) is 80.6 cm³/mol. The van der Waals surface area contributed by atoms with Crippen LogP contribution in [0.15, 0.2) is 46.9 Å². The highest BCUT2D eigenvalue weighted by Crippen LogP contribution is 2.28. The fourth-order valence-electron chi connectivity index (χ4n) is 1.99. The fourth-order valence-corrected chi connectivity index (χ4v) is 2.35. The van der Waals surface area contributed by atoms with Gasteiger partial charge in [0.05, 0.1) is 5.56 Å². The summed E-state index contributed by atoms with van der Waals surface area (Å²) in [5.74, 6) is -0.442. The smallest absolute Gasteiger partial charge is 0.336 e. The molecule has 19 heavy (non-hydrogen) atoms. The molecule has 2 aromatic carbocycles. The van der Waals surface area contributed by atoms with E-state index < -0.39 is 5.97 Å². The quantitative estimate of drug-likeness (QED) is 0.870. The number of carboxylic acids is 1. The number of rotatable bonds is 3. The summed E-state index contributed by atoms with van der Waals surface area (Å²) in [4.78, 5) is 11.3. The first-order chi connectivity index (χ1) is 8.99. The second-order valence-electron chi connectivity index (χ2n) is 4.77. The van der Waals surface area contributed by atoms with E-state index in [2.05, 4.69) is 29.8 Å². The molecule has 0 aliphatic heterocycles. The van der Waals surface area contributed by atoms with Crippen molar-refractivity contribution in [2.75, 3.05) is 0 Å². The Bertz CT molecular complexity index is 601. The molecule has 0 unspecified atom stereocenters. The number of halogens is 1. The van der Waals surface area contributed by atoms with Crippen LogP contribution in [-0.4, -0.2) is 11.1 Å². The molecule has 0 saturated carbocycles. The third-order valence-corrected chi connectivity index (χ3v) is 3.59. The minimum atomic E-state index is -0.913. The van der Waals surface area contributed by atoms with Gasteiger partial charge in [-0.05, 0) is 34.7 Å². The molecule has 0 amide bonds. The Hall–Kier alpha value is -1.61. The zero-order chi connectivity index (χ0) is 14.0. The summed E-state index contributed by atoms with van der Waals surface area (Å²) in [6, 6.07) is 13.4. The highest BCUT2D eigenvalue weighted by Gasteiger charge is 2.12. The first-order valence-electron chi connectivity index (χ1n) is 6.12. The summed E-state index contributed by atoms with van der Waals surface area (Å²) in [6.45, 7) is 4.27. The summed E-state index contributed by atoms with van der Waals surface area (Å²) in [5, 5.41) is 9.27. The predicted octanol–water partition coefficient (Wildman–Crippen LogP) is 4.94. The van der Waals surface area contributed by atoms with Crippen molar-refractivity contribution in [3.8, 4) is 11.1 Å². The Kier molecular flexibility index (Phi) is 4.05. The van der Waals surface area contributed by atoms with E-state index in [1.54, 1.807) is 6.07 Å². The first kappa shape index (κ1) is 13.8. The van der Waals surface area contributed by atoms with Crippen molar-refractivity contribution < 1.29 is 9.90 Å². The molecule has 0 fully saturated rings. The highest BCUT2D eigenvalue weighted by molar-refractivity contribution is 9.10. The number of hydrogen-bond donors (Lipinski definition) is 1. The van der Waals surface area contributed by atoms with Gasteiger partial charge >= 0.3 is 5.97 Å². The number of benzene rings is 2. The maximum absolute atomic E-state index is 11.3. The lowest BCUT2D eigenvalue weighted by molar-refractivity contribution is 0.0697. The molecule has 0 spiro atoms. The van der Waals surface area contributed by atoms with Crippen molar-refractivity contribution in [3.63, 3.8) is 0 Å². The van der Waals surface area contributed by atoms with E-state index in [9.17, 15) is 9.90 Å². The Balaban J connectivity index is 2.49. The molecule has 0 bridgehead atoms. The van der Waals surface area contributed by atoms with Crippen molar-refractivity contribution in [2.24, 2.45) is 0 Å². The van der Waals surface area contributed by atoms with E-state index in [-0.39, 0.29) is 0 Å². The van der Waals surface area contributed by atoms with Crippen molar-refractivity contribution >= 4 is 21.9 Å². The van der Waals surface area contributed by atoms with Crippen LogP contribution in [0.5, 0.6) is 0 Å². The van der Waals surface area contributed by atoms with Crippen molar-refractivity contribution in [2.45, 2.75) is 19.8 Å². The van der Waals surface area contributed by atoms with Crippen LogP contribution in [0.3, 0.4) is 0 Å². The van der Waals surface area contributed by atoms with Crippen molar-refractivity contribution in [1.82, 2.24) is 0 Å². The van der Waals surface area contributed by atoms with Crippen LogP contribution < -0.4 is 0 Å². The molecule has 0 atom stereocenters. The van der Waals surface area contributed by atoms with Gasteiger partial charge in [-0.3, -0.25) is 0 Å². The second-order valence-corrected chi connectivity index (χ2v) is 5.69. The molecular weight excluding hydrogens is 304 g/mol. The molecule has 0 radical (unpaired) electrons. The molecule has 2 nitrogen and oxygen atoms in total. The van der Waals surface area contributed by atoms with Crippen LogP contribution >= 0.6 is 15.9 Å². The first-order valence-corrected chi connectivity index (χ1v) is 6.91. The number of carboxylic acid groups (broad SMARTS) is 1.